The van der Waals surface area contributed by atoms with Gasteiger partial charge in [-0.3, -0.25) is 0 Å². The Morgan fingerprint density at radius 2 is 0.226 bits per heavy atom. The van der Waals surface area contributed by atoms with Crippen LogP contribution in [0.2, 0.25) is 0 Å². The lowest BCUT2D eigenvalue weighted by Crippen LogP contribution is -1.98. The van der Waals surface area contributed by atoms with Crippen molar-refractivity contribution in [2.24, 2.45) is 0 Å². The Kier molecular flexibility index (Phi) is 30.7. The van der Waals surface area contributed by atoms with Gasteiger partial charge in [-0.05, 0) is 438 Å². The summed E-state index contributed by atoms with van der Waals surface area (Å²) in [7, 11) is 0. The zero-order valence-corrected chi connectivity index (χ0v) is 60.9. The van der Waals surface area contributed by atoms with Crippen LogP contribution in [0.4, 0.5) is 0 Å². The predicted octanol–water partition coefficient (Wildman–Crippen LogP) is 24.6. The first-order chi connectivity index (χ1) is 38.6. The monoisotopic (exact) mass is 1130 g/mol. The third kappa shape index (κ3) is 21.7. The molecule has 0 aromatic heterocycles. The quantitative estimate of drug-likeness (QED) is 0.142. The van der Waals surface area contributed by atoms with Crippen molar-refractivity contribution in [3.63, 3.8) is 0 Å². The highest BCUT2D eigenvalue weighted by Crippen LogP contribution is 2.26. The van der Waals surface area contributed by atoms with Crippen LogP contribution >= 0.6 is 0 Å². The van der Waals surface area contributed by atoms with Crippen LogP contribution in [0.1, 0.15) is 200 Å². The summed E-state index contributed by atoms with van der Waals surface area (Å²) >= 11 is 0. The van der Waals surface area contributed by atoms with Crippen LogP contribution in [0.15, 0.2) is 72.8 Å². The van der Waals surface area contributed by atoms with Gasteiger partial charge in [-0.15, -0.1) is 0 Å². The molecule has 0 atom stereocenters. The molecule has 0 radical (unpaired) electrons. The standard InChI is InChI=1S/C12H18.2C11H16.5C10H14/c1-7-8(2)10(4)12(6)11(5)9(7)3;2*1-7-6-8(2)10(4)11(5)9(7)3;1-7-5-9(3)10(4)6-8(7)2;2*1-7-5-8(2)10(4)9(3)6-7;2*1-7-5-6-8(2)10(4)9(7)3/h1-6H3;2*6H,1-5H3;5*5-6H,1-4H3. The average Bonchev–Trinajstić information content (AvgIpc) is 3.59. The minimum Gasteiger partial charge on any atom is -0.0588 e. The number of rotatable bonds is 0. The largest absolute Gasteiger partial charge is 0.0588 e. The summed E-state index contributed by atoms with van der Waals surface area (Å²) in [5.41, 5.74) is 51.0. The topological polar surface area (TPSA) is 0 Å². The lowest BCUT2D eigenvalue weighted by atomic mass is 9.90. The Morgan fingerprint density at radius 1 is 0.107 bits per heavy atom. The fourth-order valence-electron chi connectivity index (χ4n) is 10.3. The van der Waals surface area contributed by atoms with Crippen LogP contribution < -0.4 is 0 Å². The van der Waals surface area contributed by atoms with E-state index in [2.05, 4.69) is 322 Å². The summed E-state index contributed by atoms with van der Waals surface area (Å²) in [6.07, 6.45) is 0. The number of hydrogen-bond donors (Lipinski definition) is 0. The first-order valence-electron chi connectivity index (χ1n) is 30.9. The van der Waals surface area contributed by atoms with Gasteiger partial charge in [0.25, 0.3) is 0 Å². The third-order valence-corrected chi connectivity index (χ3v) is 19.8. The van der Waals surface area contributed by atoms with Crippen LogP contribution in [-0.2, 0) is 0 Å². The smallest absolute Gasteiger partial charge is 0.0392 e. The predicted molar refractivity (Wildman–Crippen MR) is 382 cm³/mol. The summed E-state index contributed by atoms with van der Waals surface area (Å²) in [6.45, 7) is 78.4. The molecule has 8 aromatic carbocycles. The van der Waals surface area contributed by atoms with Gasteiger partial charge in [-0.25, -0.2) is 0 Å². The maximum atomic E-state index is 2.26. The van der Waals surface area contributed by atoms with E-state index in [1.807, 2.05) is 0 Å². The van der Waals surface area contributed by atoms with Crippen molar-refractivity contribution in [3.05, 3.63) is 273 Å². The second kappa shape index (κ2) is 34.0. The molecule has 0 bridgehead atoms. The Bertz CT molecular complexity index is 3040. The average molecular weight is 1130 g/mol. The van der Waals surface area contributed by atoms with E-state index in [0.717, 1.165) is 0 Å². The molecule has 0 saturated carbocycles. The maximum Gasteiger partial charge on any atom is -0.0392 e. The van der Waals surface area contributed by atoms with E-state index in [0.29, 0.717) is 0 Å². The van der Waals surface area contributed by atoms with Gasteiger partial charge in [0, 0.05) is 0 Å². The van der Waals surface area contributed by atoms with Crippen molar-refractivity contribution in [1.29, 1.82) is 0 Å². The number of aryl methyl sites for hydroxylation is 18. The third-order valence-electron chi connectivity index (χ3n) is 19.8. The lowest BCUT2D eigenvalue weighted by molar-refractivity contribution is 1.13. The van der Waals surface area contributed by atoms with Crippen LogP contribution in [0, 0.1) is 249 Å². The zero-order chi connectivity index (χ0) is 65.3. The van der Waals surface area contributed by atoms with Crippen LogP contribution in [0.5, 0.6) is 0 Å². The molecule has 0 saturated heterocycles. The van der Waals surface area contributed by atoms with E-state index in [1.54, 1.807) is 0 Å². The van der Waals surface area contributed by atoms with E-state index in [4.69, 9.17) is 0 Å². The van der Waals surface area contributed by atoms with Gasteiger partial charge in [0.1, 0.15) is 0 Å². The highest BCUT2D eigenvalue weighted by atomic mass is 14.1. The van der Waals surface area contributed by atoms with Crippen molar-refractivity contribution in [3.8, 4) is 0 Å². The van der Waals surface area contributed by atoms with E-state index < -0.39 is 0 Å². The summed E-state index contributed by atoms with van der Waals surface area (Å²) in [5.74, 6) is 0. The van der Waals surface area contributed by atoms with Crippen molar-refractivity contribution in [1.82, 2.24) is 0 Å². The molecule has 0 heterocycles. The second-order valence-corrected chi connectivity index (χ2v) is 25.5. The summed E-state index contributed by atoms with van der Waals surface area (Å²) in [4.78, 5) is 0. The SMILES string of the molecule is Cc1c(C)c(C)c(C)c(C)c1C.Cc1cc(C)c(C)c(C)c1.Cc1cc(C)c(C)c(C)c1.Cc1cc(C)c(C)c(C)c1C.Cc1cc(C)c(C)c(C)c1C.Cc1cc(C)c(C)cc1C.Cc1ccc(C)c(C)c1C.Cc1ccc(C)c(C)c1C. The molecule has 8 rings (SSSR count). The fourth-order valence-corrected chi connectivity index (χ4v) is 10.3. The molecule has 0 fully saturated rings. The van der Waals surface area contributed by atoms with Gasteiger partial charge in [-0.2, -0.15) is 0 Å². The molecule has 0 spiro atoms. The molecule has 0 aliphatic rings. The van der Waals surface area contributed by atoms with Crippen molar-refractivity contribution in [2.75, 3.05) is 0 Å². The highest BCUT2D eigenvalue weighted by Gasteiger charge is 2.09. The van der Waals surface area contributed by atoms with Gasteiger partial charge in [-0.1, -0.05) is 83.9 Å². The van der Waals surface area contributed by atoms with Gasteiger partial charge < -0.3 is 0 Å². The fraction of sp³-hybridized carbons (Fsp3) is 0.429. The highest BCUT2D eigenvalue weighted by molar-refractivity contribution is 5.49. The molecule has 0 aliphatic heterocycles. The molecule has 0 aliphatic carbocycles. The molecule has 456 valence electrons. The molecule has 0 nitrogen and oxygen atoms in total. The molecular formula is C84H120. The minimum atomic E-state index is 1.36. The second-order valence-electron chi connectivity index (χ2n) is 25.5. The van der Waals surface area contributed by atoms with Gasteiger partial charge in [0.2, 0.25) is 0 Å². The van der Waals surface area contributed by atoms with Crippen molar-refractivity contribution >= 4 is 0 Å². The maximum absolute atomic E-state index is 2.26. The molecule has 0 unspecified atom stereocenters. The van der Waals surface area contributed by atoms with Gasteiger partial charge in [0.15, 0.2) is 0 Å². The molecule has 8 aromatic rings. The first kappa shape index (κ1) is 75.8. The molecule has 0 N–H and O–H groups in total. The normalized spacial score (nSPS) is 10.1. The van der Waals surface area contributed by atoms with Crippen molar-refractivity contribution in [2.45, 2.75) is 249 Å². The Balaban J connectivity index is 0.000000480. The van der Waals surface area contributed by atoms with Crippen LogP contribution in [-0.4, -0.2) is 0 Å². The minimum absolute atomic E-state index is 1.36. The van der Waals surface area contributed by atoms with Gasteiger partial charge >= 0.3 is 0 Å². The summed E-state index contributed by atoms with van der Waals surface area (Å²) < 4.78 is 0. The Hall–Kier alpha value is -6.24. The summed E-state index contributed by atoms with van der Waals surface area (Å²) in [6, 6.07) is 26.6. The first-order valence-corrected chi connectivity index (χ1v) is 30.9. The molecule has 0 heteroatoms. The van der Waals surface area contributed by atoms with Crippen LogP contribution in [0.25, 0.3) is 0 Å². The van der Waals surface area contributed by atoms with Crippen LogP contribution in [0.3, 0.4) is 0 Å². The lowest BCUT2D eigenvalue weighted by Gasteiger charge is -2.15. The van der Waals surface area contributed by atoms with Crippen molar-refractivity contribution < 1.29 is 0 Å². The zero-order valence-electron chi connectivity index (χ0n) is 60.9. The van der Waals surface area contributed by atoms with E-state index >= 15 is 0 Å². The molecule has 0 amide bonds. The Morgan fingerprint density at radius 3 is 0.393 bits per heavy atom. The van der Waals surface area contributed by atoms with E-state index in [1.165, 1.54) is 200 Å². The number of hydrogen-bond acceptors (Lipinski definition) is 0. The Labute approximate surface area is 519 Å². The molecular weight excluding hydrogens is 1010 g/mol. The van der Waals surface area contributed by atoms with Gasteiger partial charge in [0.05, 0.1) is 0 Å². The molecule has 84 heavy (non-hydrogen) atoms. The van der Waals surface area contributed by atoms with E-state index in [-0.39, 0.29) is 0 Å². The number of benzene rings is 8. The summed E-state index contributed by atoms with van der Waals surface area (Å²) in [5, 5.41) is 0. The van der Waals surface area contributed by atoms with E-state index in [9.17, 15) is 0 Å².